The summed E-state index contributed by atoms with van der Waals surface area (Å²) in [5, 5.41) is 3.73. The molecule has 0 saturated heterocycles. The number of rotatable bonds is 4. The molecule has 0 radical (unpaired) electrons. The molecule has 1 aliphatic rings. The van der Waals surface area contributed by atoms with Gasteiger partial charge in [0.2, 0.25) is 0 Å². The fraction of sp³-hybridized carbons (Fsp3) is 0.250. The van der Waals surface area contributed by atoms with Gasteiger partial charge in [0.25, 0.3) is 10.0 Å². The molecule has 1 aliphatic heterocycles. The molecule has 0 unspecified atom stereocenters. The smallest absolute Gasteiger partial charge is 0.262 e. The van der Waals surface area contributed by atoms with E-state index in [2.05, 4.69) is 17.0 Å². The maximum absolute atomic E-state index is 12.6. The SMILES string of the molecule is COc1ccc(Cl)cc1NS(=O)(=O)c1ccc2c(c1)C[C@H](C)N2. The van der Waals surface area contributed by atoms with Crippen molar-refractivity contribution in [2.24, 2.45) is 0 Å². The van der Waals surface area contributed by atoms with Crippen LogP contribution < -0.4 is 14.8 Å². The van der Waals surface area contributed by atoms with Crippen LogP contribution in [0, 0.1) is 0 Å². The van der Waals surface area contributed by atoms with E-state index in [9.17, 15) is 8.42 Å². The first-order chi connectivity index (χ1) is 10.9. The van der Waals surface area contributed by atoms with Crippen LogP contribution in [0.3, 0.4) is 0 Å². The highest BCUT2D eigenvalue weighted by Gasteiger charge is 2.22. The molecule has 2 N–H and O–H groups in total. The van der Waals surface area contributed by atoms with E-state index >= 15 is 0 Å². The van der Waals surface area contributed by atoms with Gasteiger partial charge in [0.05, 0.1) is 17.7 Å². The van der Waals surface area contributed by atoms with E-state index in [1.54, 1.807) is 30.3 Å². The van der Waals surface area contributed by atoms with Gasteiger partial charge < -0.3 is 10.1 Å². The first-order valence-electron chi connectivity index (χ1n) is 7.15. The van der Waals surface area contributed by atoms with Gasteiger partial charge in [0.15, 0.2) is 0 Å². The van der Waals surface area contributed by atoms with Gasteiger partial charge in [0.1, 0.15) is 5.75 Å². The predicted octanol–water partition coefficient (Wildman–Crippen LogP) is 3.51. The largest absolute Gasteiger partial charge is 0.495 e. The summed E-state index contributed by atoms with van der Waals surface area (Å²) in [6, 6.07) is 10.2. The van der Waals surface area contributed by atoms with Crippen LogP contribution in [0.2, 0.25) is 5.02 Å². The third-order valence-electron chi connectivity index (χ3n) is 3.72. The van der Waals surface area contributed by atoms with E-state index in [4.69, 9.17) is 16.3 Å². The lowest BCUT2D eigenvalue weighted by Crippen LogP contribution is -2.14. The molecular weight excluding hydrogens is 336 g/mol. The number of ether oxygens (including phenoxy) is 1. The van der Waals surface area contributed by atoms with Crippen molar-refractivity contribution in [2.45, 2.75) is 24.3 Å². The minimum Gasteiger partial charge on any atom is -0.495 e. The highest BCUT2D eigenvalue weighted by molar-refractivity contribution is 7.92. The van der Waals surface area contributed by atoms with Crippen LogP contribution >= 0.6 is 11.6 Å². The second-order valence-corrected chi connectivity index (χ2v) is 7.64. The third-order valence-corrected chi connectivity index (χ3v) is 5.32. The Labute approximate surface area is 140 Å². The second kappa shape index (κ2) is 5.94. The van der Waals surface area contributed by atoms with E-state index in [0.717, 1.165) is 17.7 Å². The van der Waals surface area contributed by atoms with Crippen molar-refractivity contribution in [1.29, 1.82) is 0 Å². The van der Waals surface area contributed by atoms with Crippen molar-refractivity contribution >= 4 is 33.0 Å². The van der Waals surface area contributed by atoms with Crippen LogP contribution in [0.25, 0.3) is 0 Å². The lowest BCUT2D eigenvalue weighted by molar-refractivity contribution is 0.417. The first kappa shape index (κ1) is 16.0. The number of nitrogens with one attached hydrogen (secondary N) is 2. The van der Waals surface area contributed by atoms with Crippen LogP contribution in [-0.4, -0.2) is 21.6 Å². The van der Waals surface area contributed by atoms with Crippen molar-refractivity contribution < 1.29 is 13.2 Å². The van der Waals surface area contributed by atoms with Gasteiger partial charge in [-0.3, -0.25) is 4.72 Å². The van der Waals surface area contributed by atoms with Crippen molar-refractivity contribution in [3.63, 3.8) is 0 Å². The molecule has 2 aromatic carbocycles. The number of hydrogen-bond acceptors (Lipinski definition) is 4. The van der Waals surface area contributed by atoms with Gasteiger partial charge in [-0.1, -0.05) is 11.6 Å². The summed E-state index contributed by atoms with van der Waals surface area (Å²) >= 11 is 5.94. The van der Waals surface area contributed by atoms with Gasteiger partial charge >= 0.3 is 0 Å². The van der Waals surface area contributed by atoms with Gasteiger partial charge in [-0.2, -0.15) is 0 Å². The molecule has 0 spiro atoms. The summed E-state index contributed by atoms with van der Waals surface area (Å²) in [4.78, 5) is 0.217. The summed E-state index contributed by atoms with van der Waals surface area (Å²) in [7, 11) is -2.24. The van der Waals surface area contributed by atoms with Crippen LogP contribution in [0.5, 0.6) is 5.75 Å². The van der Waals surface area contributed by atoms with Crippen LogP contribution in [0.4, 0.5) is 11.4 Å². The van der Waals surface area contributed by atoms with E-state index in [-0.39, 0.29) is 4.90 Å². The lowest BCUT2D eigenvalue weighted by atomic mass is 10.1. The molecule has 0 aliphatic carbocycles. The maximum atomic E-state index is 12.6. The normalized spacial score (nSPS) is 16.6. The monoisotopic (exact) mass is 352 g/mol. The Morgan fingerprint density at radius 1 is 1.26 bits per heavy atom. The highest BCUT2D eigenvalue weighted by atomic mass is 35.5. The van der Waals surface area contributed by atoms with Crippen LogP contribution in [0.15, 0.2) is 41.3 Å². The molecule has 7 heteroatoms. The van der Waals surface area contributed by atoms with E-state index in [1.807, 2.05) is 0 Å². The number of benzene rings is 2. The molecule has 1 atom stereocenters. The minimum atomic E-state index is -3.72. The molecular formula is C16H17ClN2O3S. The molecule has 122 valence electrons. The van der Waals surface area contributed by atoms with Crippen molar-refractivity contribution in [1.82, 2.24) is 0 Å². The molecule has 0 saturated carbocycles. The van der Waals surface area contributed by atoms with Crippen LogP contribution in [-0.2, 0) is 16.4 Å². The quantitative estimate of drug-likeness (QED) is 0.883. The summed E-state index contributed by atoms with van der Waals surface area (Å²) in [5.74, 6) is 0.412. The average molecular weight is 353 g/mol. The van der Waals surface area contributed by atoms with Crippen LogP contribution in [0.1, 0.15) is 12.5 Å². The molecule has 0 fully saturated rings. The summed E-state index contributed by atoms with van der Waals surface area (Å²) in [6.07, 6.45) is 0.805. The van der Waals surface area contributed by atoms with Gasteiger partial charge in [0, 0.05) is 16.8 Å². The molecule has 5 nitrogen and oxygen atoms in total. The van der Waals surface area contributed by atoms with Gasteiger partial charge in [-0.25, -0.2) is 8.42 Å². The second-order valence-electron chi connectivity index (χ2n) is 5.52. The number of halogens is 1. The van der Waals surface area contributed by atoms with E-state index in [0.29, 0.717) is 22.5 Å². The van der Waals surface area contributed by atoms with Gasteiger partial charge in [-0.15, -0.1) is 0 Å². The number of anilines is 2. The Morgan fingerprint density at radius 3 is 2.78 bits per heavy atom. The molecule has 0 bridgehead atoms. The summed E-state index contributed by atoms with van der Waals surface area (Å²) < 4.78 is 33.0. The maximum Gasteiger partial charge on any atom is 0.262 e. The third kappa shape index (κ3) is 3.23. The van der Waals surface area contributed by atoms with E-state index in [1.165, 1.54) is 13.2 Å². The number of fused-ring (bicyclic) bond motifs is 1. The number of hydrogen-bond donors (Lipinski definition) is 2. The first-order valence-corrected chi connectivity index (χ1v) is 9.01. The Morgan fingerprint density at radius 2 is 2.04 bits per heavy atom. The topological polar surface area (TPSA) is 67.4 Å². The molecule has 1 heterocycles. The van der Waals surface area contributed by atoms with Gasteiger partial charge in [-0.05, 0) is 55.3 Å². The molecule has 0 aromatic heterocycles. The van der Waals surface area contributed by atoms with Crippen molar-refractivity contribution in [3.8, 4) is 5.75 Å². The zero-order valence-corrected chi connectivity index (χ0v) is 14.3. The standard InChI is InChI=1S/C16H17ClN2O3S/c1-10-7-11-8-13(4-5-14(11)18-10)23(20,21)19-15-9-12(17)3-6-16(15)22-2/h3-6,8-10,18-19H,7H2,1-2H3/t10-/m0/s1. The number of sulfonamides is 1. The Balaban J connectivity index is 1.94. The molecule has 2 aromatic rings. The highest BCUT2D eigenvalue weighted by Crippen LogP contribution is 2.32. The molecule has 23 heavy (non-hydrogen) atoms. The fourth-order valence-corrected chi connectivity index (χ4v) is 3.94. The lowest BCUT2D eigenvalue weighted by Gasteiger charge is -2.13. The Bertz CT molecular complexity index is 852. The summed E-state index contributed by atoms with van der Waals surface area (Å²) in [5.41, 5.74) is 2.29. The Hall–Kier alpha value is -1.92. The van der Waals surface area contributed by atoms with Crippen molar-refractivity contribution in [3.05, 3.63) is 47.0 Å². The minimum absolute atomic E-state index is 0.217. The van der Waals surface area contributed by atoms with E-state index < -0.39 is 10.0 Å². The molecule has 3 rings (SSSR count). The fourth-order valence-electron chi connectivity index (χ4n) is 2.66. The number of methoxy groups -OCH3 is 1. The predicted molar refractivity (Wildman–Crippen MR) is 92.0 cm³/mol. The zero-order chi connectivity index (χ0) is 16.6. The zero-order valence-electron chi connectivity index (χ0n) is 12.8. The summed E-state index contributed by atoms with van der Waals surface area (Å²) in [6.45, 7) is 2.06. The Kier molecular flexibility index (Phi) is 4.12. The molecule has 0 amide bonds. The van der Waals surface area contributed by atoms with Crippen molar-refractivity contribution in [2.75, 3.05) is 17.1 Å². The average Bonchev–Trinajstić information content (AvgIpc) is 2.86.